The summed E-state index contributed by atoms with van der Waals surface area (Å²) in [6.07, 6.45) is -0.780. The van der Waals surface area contributed by atoms with E-state index in [1.54, 1.807) is 38.1 Å². The number of hydrogen-bond donors (Lipinski definition) is 1. The first-order valence-corrected chi connectivity index (χ1v) is 7.42. The smallest absolute Gasteiger partial charge is 0.339 e. The maximum Gasteiger partial charge on any atom is 0.339 e. The van der Waals surface area contributed by atoms with Crippen molar-refractivity contribution >= 4 is 16.9 Å². The van der Waals surface area contributed by atoms with Gasteiger partial charge in [0.25, 0.3) is 5.56 Å². The molecule has 3 aromatic rings. The van der Waals surface area contributed by atoms with Crippen LogP contribution in [-0.4, -0.2) is 15.9 Å². The predicted molar refractivity (Wildman–Crippen MR) is 87.3 cm³/mol. The molecule has 2 aromatic carbocycles. The lowest BCUT2D eigenvalue weighted by Gasteiger charge is -2.14. The number of ether oxygens (including phenoxy) is 1. The van der Waals surface area contributed by atoms with Gasteiger partial charge in [-0.05, 0) is 43.7 Å². The minimum atomic E-state index is -0.780. The number of aromatic nitrogens is 2. The maximum atomic E-state index is 13.3. The molecular formula is C18H15FN2O3. The summed E-state index contributed by atoms with van der Waals surface area (Å²) >= 11 is 0. The van der Waals surface area contributed by atoms with Gasteiger partial charge in [-0.3, -0.25) is 4.79 Å². The molecule has 0 spiro atoms. The number of aromatic amines is 1. The number of hydrogen-bond acceptors (Lipinski definition) is 4. The molecule has 122 valence electrons. The minimum absolute atomic E-state index is 0.144. The van der Waals surface area contributed by atoms with Crippen LogP contribution in [0.2, 0.25) is 0 Å². The second kappa shape index (κ2) is 6.23. The second-order valence-corrected chi connectivity index (χ2v) is 5.48. The Morgan fingerprint density at radius 2 is 2.00 bits per heavy atom. The van der Waals surface area contributed by atoms with E-state index in [4.69, 9.17) is 4.74 Å². The Morgan fingerprint density at radius 1 is 1.25 bits per heavy atom. The van der Waals surface area contributed by atoms with Gasteiger partial charge in [-0.2, -0.15) is 0 Å². The summed E-state index contributed by atoms with van der Waals surface area (Å²) in [5, 5.41) is 0.459. The fourth-order valence-corrected chi connectivity index (χ4v) is 2.39. The Hall–Kier alpha value is -3.02. The molecule has 0 saturated carbocycles. The van der Waals surface area contributed by atoms with E-state index in [9.17, 15) is 14.0 Å². The van der Waals surface area contributed by atoms with Gasteiger partial charge in [0.1, 0.15) is 5.82 Å². The second-order valence-electron chi connectivity index (χ2n) is 5.48. The van der Waals surface area contributed by atoms with Crippen molar-refractivity contribution < 1.29 is 13.9 Å². The van der Waals surface area contributed by atoms with Gasteiger partial charge in [0, 0.05) is 0 Å². The molecule has 0 aliphatic carbocycles. The fraction of sp³-hybridized carbons (Fsp3) is 0.167. The molecule has 24 heavy (non-hydrogen) atoms. The van der Waals surface area contributed by atoms with Crippen molar-refractivity contribution in [3.8, 4) is 0 Å². The average Bonchev–Trinajstić information content (AvgIpc) is 2.57. The summed E-state index contributed by atoms with van der Waals surface area (Å²) in [6, 6.07) is 10.8. The topological polar surface area (TPSA) is 72.0 Å². The van der Waals surface area contributed by atoms with Crippen molar-refractivity contribution in [1.29, 1.82) is 0 Å². The number of rotatable bonds is 3. The number of nitrogens with one attached hydrogen (secondary N) is 1. The zero-order chi connectivity index (χ0) is 17.3. The molecule has 1 aromatic heterocycles. The van der Waals surface area contributed by atoms with Crippen molar-refractivity contribution in [2.45, 2.75) is 20.0 Å². The number of fused-ring (bicyclic) bond motifs is 1. The number of aryl methyl sites for hydroxylation is 1. The lowest BCUT2D eigenvalue weighted by molar-refractivity contribution is 0.0318. The molecule has 3 rings (SSSR count). The summed E-state index contributed by atoms with van der Waals surface area (Å²) in [5.41, 5.74) is 0.958. The third kappa shape index (κ3) is 3.03. The molecule has 1 atom stereocenters. The van der Waals surface area contributed by atoms with Crippen molar-refractivity contribution in [1.82, 2.24) is 9.97 Å². The highest BCUT2D eigenvalue weighted by Gasteiger charge is 2.18. The number of para-hydroxylation sites is 1. The van der Waals surface area contributed by atoms with Crippen LogP contribution in [0.5, 0.6) is 0 Å². The SMILES string of the molecule is Cc1ccc(F)cc1C(=O)O[C@H](C)c1nc2ccccc2c(=O)[nH]1. The van der Waals surface area contributed by atoms with E-state index in [1.165, 1.54) is 12.1 Å². The molecule has 0 fully saturated rings. The van der Waals surface area contributed by atoms with Crippen LogP contribution in [0.1, 0.15) is 34.8 Å². The standard InChI is InChI=1S/C18H15FN2O3/c1-10-7-8-12(19)9-14(10)18(23)24-11(2)16-20-15-6-4-3-5-13(15)17(22)21-16/h3-9,11H,1-2H3,(H,20,21,22)/t11-/m1/s1. The Morgan fingerprint density at radius 3 is 2.79 bits per heavy atom. The van der Waals surface area contributed by atoms with Gasteiger partial charge in [-0.1, -0.05) is 18.2 Å². The van der Waals surface area contributed by atoms with E-state index in [2.05, 4.69) is 9.97 Å². The van der Waals surface area contributed by atoms with Crippen LogP contribution in [0, 0.1) is 12.7 Å². The molecule has 0 aliphatic rings. The summed E-state index contributed by atoms with van der Waals surface area (Å²) in [5.74, 6) is -0.950. The largest absolute Gasteiger partial charge is 0.451 e. The van der Waals surface area contributed by atoms with Gasteiger partial charge < -0.3 is 9.72 Å². The normalized spacial score (nSPS) is 12.1. The minimum Gasteiger partial charge on any atom is -0.451 e. The van der Waals surface area contributed by atoms with E-state index in [0.29, 0.717) is 16.5 Å². The molecule has 5 nitrogen and oxygen atoms in total. The zero-order valence-electron chi connectivity index (χ0n) is 13.2. The summed E-state index contributed by atoms with van der Waals surface area (Å²) in [6.45, 7) is 3.29. The average molecular weight is 326 g/mol. The number of carbonyl (C=O) groups is 1. The Bertz CT molecular complexity index is 981. The van der Waals surface area contributed by atoms with E-state index >= 15 is 0 Å². The first kappa shape index (κ1) is 15.9. The van der Waals surface area contributed by atoms with Crippen LogP contribution >= 0.6 is 0 Å². The molecule has 1 N–H and O–H groups in total. The first-order chi connectivity index (χ1) is 11.5. The van der Waals surface area contributed by atoms with Gasteiger partial charge in [-0.15, -0.1) is 0 Å². The molecular weight excluding hydrogens is 311 g/mol. The van der Waals surface area contributed by atoms with Gasteiger partial charge in [-0.25, -0.2) is 14.2 Å². The molecule has 0 bridgehead atoms. The number of halogens is 1. The monoisotopic (exact) mass is 326 g/mol. The Labute approximate surface area is 137 Å². The predicted octanol–water partition coefficient (Wildman–Crippen LogP) is 3.29. The van der Waals surface area contributed by atoms with Gasteiger partial charge >= 0.3 is 5.97 Å². The quantitative estimate of drug-likeness (QED) is 0.750. The highest BCUT2D eigenvalue weighted by Crippen LogP contribution is 2.18. The van der Waals surface area contributed by atoms with Crippen molar-refractivity contribution in [2.75, 3.05) is 0 Å². The van der Waals surface area contributed by atoms with Crippen LogP contribution in [0.15, 0.2) is 47.3 Å². The van der Waals surface area contributed by atoms with E-state index in [-0.39, 0.29) is 16.9 Å². The molecule has 0 amide bonds. The molecule has 6 heteroatoms. The zero-order valence-corrected chi connectivity index (χ0v) is 13.2. The molecule has 1 heterocycles. The fourth-order valence-electron chi connectivity index (χ4n) is 2.39. The molecule has 0 aliphatic heterocycles. The van der Waals surface area contributed by atoms with Crippen LogP contribution in [0.25, 0.3) is 10.9 Å². The number of carbonyl (C=O) groups excluding carboxylic acids is 1. The van der Waals surface area contributed by atoms with Crippen LogP contribution in [-0.2, 0) is 4.74 Å². The van der Waals surface area contributed by atoms with Crippen LogP contribution in [0.4, 0.5) is 4.39 Å². The molecule has 0 radical (unpaired) electrons. The first-order valence-electron chi connectivity index (χ1n) is 7.42. The van der Waals surface area contributed by atoms with Crippen LogP contribution in [0.3, 0.4) is 0 Å². The maximum absolute atomic E-state index is 13.3. The van der Waals surface area contributed by atoms with E-state index in [0.717, 1.165) is 6.07 Å². The number of H-pyrrole nitrogens is 1. The third-order valence-electron chi connectivity index (χ3n) is 3.72. The summed E-state index contributed by atoms with van der Waals surface area (Å²) in [7, 11) is 0. The number of benzene rings is 2. The summed E-state index contributed by atoms with van der Waals surface area (Å²) in [4.78, 5) is 31.2. The van der Waals surface area contributed by atoms with E-state index < -0.39 is 17.9 Å². The number of nitrogens with zero attached hydrogens (tertiary/aromatic N) is 1. The van der Waals surface area contributed by atoms with Crippen molar-refractivity contribution in [3.05, 3.63) is 75.6 Å². The summed E-state index contributed by atoms with van der Waals surface area (Å²) < 4.78 is 18.7. The lowest BCUT2D eigenvalue weighted by Crippen LogP contribution is -2.18. The third-order valence-corrected chi connectivity index (χ3v) is 3.72. The number of esters is 1. The van der Waals surface area contributed by atoms with Crippen molar-refractivity contribution in [3.63, 3.8) is 0 Å². The van der Waals surface area contributed by atoms with E-state index in [1.807, 2.05) is 0 Å². The Kier molecular flexibility index (Phi) is 4.12. The molecule has 0 unspecified atom stereocenters. The lowest BCUT2D eigenvalue weighted by atomic mass is 10.1. The van der Waals surface area contributed by atoms with Gasteiger partial charge in [0.15, 0.2) is 11.9 Å². The van der Waals surface area contributed by atoms with Crippen LogP contribution < -0.4 is 5.56 Å². The molecule has 0 saturated heterocycles. The van der Waals surface area contributed by atoms with Gasteiger partial charge in [0.2, 0.25) is 0 Å². The highest BCUT2D eigenvalue weighted by molar-refractivity contribution is 5.91. The Balaban J connectivity index is 1.89. The van der Waals surface area contributed by atoms with Gasteiger partial charge in [0.05, 0.1) is 16.5 Å². The van der Waals surface area contributed by atoms with Crippen molar-refractivity contribution in [2.24, 2.45) is 0 Å². The highest BCUT2D eigenvalue weighted by atomic mass is 19.1.